The largest absolute Gasteiger partial charge is 0.383 e. The second-order valence-corrected chi connectivity index (χ2v) is 5.81. The molecule has 126 valence electrons. The molecule has 1 aromatic carbocycles. The number of aryl methyl sites for hydroxylation is 2. The molecule has 0 saturated heterocycles. The number of para-hydroxylation sites is 1. The second kappa shape index (κ2) is 7.31. The number of anilines is 1. The third-order valence-electron chi connectivity index (χ3n) is 4.02. The van der Waals surface area contributed by atoms with Gasteiger partial charge in [0.2, 0.25) is 5.91 Å². The van der Waals surface area contributed by atoms with Crippen molar-refractivity contribution < 1.29 is 9.53 Å². The molecule has 24 heavy (non-hydrogen) atoms. The van der Waals surface area contributed by atoms with Crippen LogP contribution in [0, 0.1) is 0 Å². The van der Waals surface area contributed by atoms with Gasteiger partial charge in [-0.15, -0.1) is 0 Å². The minimum Gasteiger partial charge on any atom is -0.383 e. The summed E-state index contributed by atoms with van der Waals surface area (Å²) in [6, 6.07) is 8.27. The standard InChI is InChI=1S/C18H22N4O2/c1-21-13-15(11-19-21)20-18(23)8-7-14-12-22(9-10-24-2)17-6-4-3-5-16(14)17/h3-6,11-13H,7-10H2,1-2H3,(H,20,23). The first-order valence-corrected chi connectivity index (χ1v) is 8.01. The Bertz CT molecular complexity index is 835. The summed E-state index contributed by atoms with van der Waals surface area (Å²) in [6.07, 6.45) is 6.70. The lowest BCUT2D eigenvalue weighted by molar-refractivity contribution is -0.116. The molecule has 0 unspecified atom stereocenters. The van der Waals surface area contributed by atoms with E-state index in [1.165, 1.54) is 16.5 Å². The molecule has 1 amide bonds. The minimum atomic E-state index is -0.00303. The van der Waals surface area contributed by atoms with Gasteiger partial charge in [-0.2, -0.15) is 5.10 Å². The molecule has 0 radical (unpaired) electrons. The molecule has 0 fully saturated rings. The van der Waals surface area contributed by atoms with Gasteiger partial charge in [-0.05, 0) is 18.1 Å². The van der Waals surface area contributed by atoms with Gasteiger partial charge in [0.1, 0.15) is 0 Å². The quantitative estimate of drug-likeness (QED) is 0.726. The monoisotopic (exact) mass is 326 g/mol. The zero-order valence-corrected chi connectivity index (χ0v) is 14.0. The molecule has 3 aromatic rings. The average Bonchev–Trinajstić information content (AvgIpc) is 3.15. The van der Waals surface area contributed by atoms with E-state index >= 15 is 0 Å². The lowest BCUT2D eigenvalue weighted by Gasteiger charge is -2.03. The highest BCUT2D eigenvalue weighted by molar-refractivity contribution is 5.91. The number of hydrogen-bond acceptors (Lipinski definition) is 3. The number of methoxy groups -OCH3 is 1. The van der Waals surface area contributed by atoms with Crippen LogP contribution in [0.25, 0.3) is 10.9 Å². The molecule has 2 heterocycles. The van der Waals surface area contributed by atoms with Gasteiger partial charge < -0.3 is 14.6 Å². The van der Waals surface area contributed by atoms with E-state index in [0.717, 1.165) is 12.2 Å². The number of carbonyl (C=O) groups excluding carboxylic acids is 1. The third-order valence-corrected chi connectivity index (χ3v) is 4.02. The number of nitrogens with one attached hydrogen (secondary N) is 1. The van der Waals surface area contributed by atoms with Crippen LogP contribution in [0.5, 0.6) is 0 Å². The number of hydrogen-bond donors (Lipinski definition) is 1. The normalized spacial score (nSPS) is 11.1. The van der Waals surface area contributed by atoms with Crippen LogP contribution in [0.3, 0.4) is 0 Å². The number of aromatic nitrogens is 3. The van der Waals surface area contributed by atoms with Crippen molar-refractivity contribution in [1.29, 1.82) is 0 Å². The fourth-order valence-corrected chi connectivity index (χ4v) is 2.85. The van der Waals surface area contributed by atoms with Crippen molar-refractivity contribution >= 4 is 22.5 Å². The first-order valence-electron chi connectivity index (χ1n) is 8.01. The Morgan fingerprint density at radius 3 is 2.88 bits per heavy atom. The van der Waals surface area contributed by atoms with E-state index in [1.54, 1.807) is 24.2 Å². The number of fused-ring (bicyclic) bond motifs is 1. The van der Waals surface area contributed by atoms with Crippen molar-refractivity contribution in [2.45, 2.75) is 19.4 Å². The first kappa shape index (κ1) is 16.3. The number of benzene rings is 1. The fourth-order valence-electron chi connectivity index (χ4n) is 2.85. The minimum absolute atomic E-state index is 0.00303. The molecule has 6 nitrogen and oxygen atoms in total. The molecule has 0 saturated carbocycles. The number of amides is 1. The second-order valence-electron chi connectivity index (χ2n) is 5.81. The van der Waals surface area contributed by atoms with E-state index in [4.69, 9.17) is 4.74 Å². The predicted octanol–water partition coefficient (Wildman–Crippen LogP) is 2.59. The van der Waals surface area contributed by atoms with Crippen molar-refractivity contribution in [3.05, 3.63) is 48.4 Å². The Hall–Kier alpha value is -2.60. The summed E-state index contributed by atoms with van der Waals surface area (Å²) in [5, 5.41) is 8.12. The molecular formula is C18H22N4O2. The molecule has 3 rings (SSSR count). The maximum atomic E-state index is 12.1. The highest BCUT2D eigenvalue weighted by Crippen LogP contribution is 2.22. The van der Waals surface area contributed by atoms with E-state index in [2.05, 4.69) is 33.3 Å². The van der Waals surface area contributed by atoms with Crippen LogP contribution in [0.2, 0.25) is 0 Å². The van der Waals surface area contributed by atoms with Crippen LogP contribution in [-0.4, -0.2) is 34.0 Å². The fraction of sp³-hybridized carbons (Fsp3) is 0.333. The molecule has 0 aliphatic heterocycles. The topological polar surface area (TPSA) is 61.1 Å². The molecule has 1 N–H and O–H groups in total. The number of nitrogens with zero attached hydrogens (tertiary/aromatic N) is 3. The van der Waals surface area contributed by atoms with Gasteiger partial charge in [-0.3, -0.25) is 9.48 Å². The van der Waals surface area contributed by atoms with Crippen molar-refractivity contribution in [2.24, 2.45) is 7.05 Å². The molecule has 0 aliphatic carbocycles. The van der Waals surface area contributed by atoms with Gasteiger partial charge in [-0.1, -0.05) is 18.2 Å². The molecule has 6 heteroatoms. The van der Waals surface area contributed by atoms with E-state index < -0.39 is 0 Å². The molecule has 0 atom stereocenters. The zero-order valence-electron chi connectivity index (χ0n) is 14.0. The lowest BCUT2D eigenvalue weighted by Crippen LogP contribution is -2.11. The molecular weight excluding hydrogens is 304 g/mol. The summed E-state index contributed by atoms with van der Waals surface area (Å²) in [7, 11) is 3.53. The molecule has 2 aromatic heterocycles. The number of ether oxygens (including phenoxy) is 1. The summed E-state index contributed by atoms with van der Waals surface area (Å²) in [5.41, 5.74) is 3.09. The Labute approximate surface area is 141 Å². The summed E-state index contributed by atoms with van der Waals surface area (Å²) < 4.78 is 9.03. The summed E-state index contributed by atoms with van der Waals surface area (Å²) in [4.78, 5) is 12.1. The van der Waals surface area contributed by atoms with Crippen LogP contribution in [0.4, 0.5) is 5.69 Å². The van der Waals surface area contributed by atoms with Crippen LogP contribution < -0.4 is 5.32 Å². The molecule has 0 bridgehead atoms. The summed E-state index contributed by atoms with van der Waals surface area (Å²) in [5.74, 6) is -0.00303. The highest BCUT2D eigenvalue weighted by atomic mass is 16.5. The van der Waals surface area contributed by atoms with Gasteiger partial charge >= 0.3 is 0 Å². The predicted molar refractivity (Wildman–Crippen MR) is 94.0 cm³/mol. The van der Waals surface area contributed by atoms with Crippen molar-refractivity contribution in [1.82, 2.24) is 14.3 Å². The number of rotatable bonds is 7. The maximum Gasteiger partial charge on any atom is 0.224 e. The smallest absolute Gasteiger partial charge is 0.224 e. The molecule has 0 aliphatic rings. The average molecular weight is 326 g/mol. The zero-order chi connectivity index (χ0) is 16.9. The maximum absolute atomic E-state index is 12.1. The van der Waals surface area contributed by atoms with Gasteiger partial charge in [0, 0.05) is 50.4 Å². The highest BCUT2D eigenvalue weighted by Gasteiger charge is 2.10. The Morgan fingerprint density at radius 1 is 1.29 bits per heavy atom. The summed E-state index contributed by atoms with van der Waals surface area (Å²) >= 11 is 0. The Morgan fingerprint density at radius 2 is 2.12 bits per heavy atom. The third kappa shape index (κ3) is 3.65. The van der Waals surface area contributed by atoms with Gasteiger partial charge in [0.05, 0.1) is 18.5 Å². The van der Waals surface area contributed by atoms with Crippen molar-refractivity contribution in [3.8, 4) is 0 Å². The van der Waals surface area contributed by atoms with Crippen LogP contribution in [-0.2, 0) is 29.5 Å². The van der Waals surface area contributed by atoms with Crippen LogP contribution >= 0.6 is 0 Å². The summed E-state index contributed by atoms with van der Waals surface area (Å²) in [6.45, 7) is 1.47. The van der Waals surface area contributed by atoms with E-state index in [0.29, 0.717) is 19.4 Å². The van der Waals surface area contributed by atoms with Crippen molar-refractivity contribution in [3.63, 3.8) is 0 Å². The molecule has 0 spiro atoms. The lowest BCUT2D eigenvalue weighted by atomic mass is 10.1. The first-order chi connectivity index (χ1) is 11.7. The van der Waals surface area contributed by atoms with Gasteiger partial charge in [0.25, 0.3) is 0 Å². The van der Waals surface area contributed by atoms with Crippen LogP contribution in [0.15, 0.2) is 42.9 Å². The van der Waals surface area contributed by atoms with E-state index in [-0.39, 0.29) is 5.91 Å². The Kier molecular flexibility index (Phi) is 4.96. The SMILES string of the molecule is COCCn1cc(CCC(=O)Nc2cnn(C)c2)c2ccccc21. The number of carbonyl (C=O) groups is 1. The van der Waals surface area contributed by atoms with Gasteiger partial charge in [-0.25, -0.2) is 0 Å². The van der Waals surface area contributed by atoms with Crippen molar-refractivity contribution in [2.75, 3.05) is 19.0 Å². The van der Waals surface area contributed by atoms with Gasteiger partial charge in [0.15, 0.2) is 0 Å². The Balaban J connectivity index is 1.69. The van der Waals surface area contributed by atoms with Crippen LogP contribution in [0.1, 0.15) is 12.0 Å². The van der Waals surface area contributed by atoms with E-state index in [9.17, 15) is 4.79 Å². The van der Waals surface area contributed by atoms with E-state index in [1.807, 2.05) is 19.2 Å².